The Hall–Kier alpha value is -2.57. The van der Waals surface area contributed by atoms with E-state index in [1.54, 1.807) is 11.7 Å². The topological polar surface area (TPSA) is 76.5 Å². The Labute approximate surface area is 142 Å². The van der Waals surface area contributed by atoms with E-state index in [2.05, 4.69) is 10.1 Å². The smallest absolute Gasteiger partial charge is 0.234 e. The molecule has 24 heavy (non-hydrogen) atoms. The molecule has 0 aliphatic carbocycles. The molecule has 0 saturated heterocycles. The molecule has 7 heteroatoms. The third-order valence-electron chi connectivity index (χ3n) is 4.82. The van der Waals surface area contributed by atoms with Crippen molar-refractivity contribution < 1.29 is 4.79 Å². The Morgan fingerprint density at radius 1 is 1.29 bits per heavy atom. The fraction of sp³-hybridized carbons (Fsp3) is 0.353. The van der Waals surface area contributed by atoms with Gasteiger partial charge in [0.2, 0.25) is 5.91 Å². The van der Waals surface area contributed by atoms with Crippen molar-refractivity contribution in [2.24, 2.45) is 23.7 Å². The van der Waals surface area contributed by atoms with Crippen LogP contribution in [0.2, 0.25) is 0 Å². The molecule has 1 aliphatic rings. The number of nitrogens with zero attached hydrogens (tertiary/aromatic N) is 4. The SMILES string of the molecule is [B]c1cccc(-c2cc([C@@]3(C)N=C(N)N(C)C(=O)[C@H]3C)n(C)n2)c1. The molecule has 2 heterocycles. The van der Waals surface area contributed by atoms with Crippen LogP contribution in [0.4, 0.5) is 0 Å². The summed E-state index contributed by atoms with van der Waals surface area (Å²) in [6.07, 6.45) is 0. The molecule has 1 aromatic heterocycles. The summed E-state index contributed by atoms with van der Waals surface area (Å²) in [5.74, 6) is -0.192. The van der Waals surface area contributed by atoms with Gasteiger partial charge in [-0.1, -0.05) is 36.7 Å². The summed E-state index contributed by atoms with van der Waals surface area (Å²) in [6.45, 7) is 3.78. The number of rotatable bonds is 2. The van der Waals surface area contributed by atoms with E-state index in [0.29, 0.717) is 5.46 Å². The van der Waals surface area contributed by atoms with Gasteiger partial charge in [0.05, 0.1) is 17.3 Å². The molecule has 3 rings (SSSR count). The lowest BCUT2D eigenvalue weighted by Crippen LogP contribution is -2.53. The number of aryl methyl sites for hydroxylation is 1. The lowest BCUT2D eigenvalue weighted by molar-refractivity contribution is -0.133. The molecule has 0 fully saturated rings. The number of amides is 1. The van der Waals surface area contributed by atoms with Gasteiger partial charge in [0.1, 0.15) is 13.4 Å². The van der Waals surface area contributed by atoms with Crippen molar-refractivity contribution >= 4 is 25.2 Å². The van der Waals surface area contributed by atoms with Crippen LogP contribution < -0.4 is 11.2 Å². The highest BCUT2D eigenvalue weighted by Gasteiger charge is 2.45. The van der Waals surface area contributed by atoms with Crippen LogP contribution in [-0.2, 0) is 17.4 Å². The fourth-order valence-electron chi connectivity index (χ4n) is 3.11. The van der Waals surface area contributed by atoms with Crippen LogP contribution in [0.1, 0.15) is 19.5 Å². The summed E-state index contributed by atoms with van der Waals surface area (Å²) < 4.78 is 1.75. The van der Waals surface area contributed by atoms with Crippen molar-refractivity contribution in [3.05, 3.63) is 36.0 Å². The number of benzene rings is 1. The summed E-state index contributed by atoms with van der Waals surface area (Å²) in [4.78, 5) is 18.5. The molecule has 1 aliphatic heterocycles. The standard InChI is InChI=1S/C17H20BN5O/c1-10-15(24)22(3)16(19)20-17(10,2)14-9-13(21-23(14)4)11-6-5-7-12(18)8-11/h5-10H,1-4H3,(H2,19,20)/t10-,17+/m1/s1. The van der Waals surface area contributed by atoms with Crippen LogP contribution in [0.25, 0.3) is 11.3 Å². The third-order valence-corrected chi connectivity index (χ3v) is 4.82. The van der Waals surface area contributed by atoms with Crippen molar-refractivity contribution in [2.45, 2.75) is 19.4 Å². The average molecular weight is 321 g/mol. The molecular weight excluding hydrogens is 301 g/mol. The number of aliphatic imine (C=N–C) groups is 1. The molecular formula is C17H20BN5O. The second-order valence-corrected chi connectivity index (χ2v) is 6.40. The van der Waals surface area contributed by atoms with Gasteiger partial charge in [0.25, 0.3) is 0 Å². The third kappa shape index (κ3) is 2.40. The highest BCUT2D eigenvalue weighted by molar-refractivity contribution is 6.32. The average Bonchev–Trinajstić information content (AvgIpc) is 2.94. The number of hydrogen-bond acceptors (Lipinski definition) is 4. The first-order valence-corrected chi connectivity index (χ1v) is 7.77. The number of guanidine groups is 1. The summed E-state index contributed by atoms with van der Waals surface area (Å²) >= 11 is 0. The first kappa shape index (κ1) is 16.3. The molecule has 1 amide bonds. The van der Waals surface area contributed by atoms with Gasteiger partial charge < -0.3 is 5.73 Å². The molecule has 0 bridgehead atoms. The van der Waals surface area contributed by atoms with Crippen molar-refractivity contribution in [1.29, 1.82) is 0 Å². The lowest BCUT2D eigenvalue weighted by atomic mass is 9.82. The van der Waals surface area contributed by atoms with E-state index in [0.717, 1.165) is 17.0 Å². The molecule has 2 N–H and O–H groups in total. The second kappa shape index (κ2) is 5.51. The number of aromatic nitrogens is 2. The molecule has 1 aromatic carbocycles. The maximum Gasteiger partial charge on any atom is 0.234 e. The van der Waals surface area contributed by atoms with Crippen LogP contribution in [0.3, 0.4) is 0 Å². The van der Waals surface area contributed by atoms with Gasteiger partial charge in [0, 0.05) is 19.7 Å². The van der Waals surface area contributed by atoms with Crippen molar-refractivity contribution in [1.82, 2.24) is 14.7 Å². The first-order valence-electron chi connectivity index (χ1n) is 7.77. The van der Waals surface area contributed by atoms with Gasteiger partial charge in [-0.2, -0.15) is 5.10 Å². The summed E-state index contributed by atoms with van der Waals surface area (Å²) in [7, 11) is 9.34. The molecule has 6 nitrogen and oxygen atoms in total. The van der Waals surface area contributed by atoms with Crippen molar-refractivity contribution in [2.75, 3.05) is 7.05 Å². The van der Waals surface area contributed by atoms with Gasteiger partial charge in [0.15, 0.2) is 5.96 Å². The zero-order chi connectivity index (χ0) is 17.6. The molecule has 0 unspecified atom stereocenters. The van der Waals surface area contributed by atoms with Crippen LogP contribution >= 0.6 is 0 Å². The highest BCUT2D eigenvalue weighted by atomic mass is 16.2. The minimum atomic E-state index is -0.770. The molecule has 2 radical (unpaired) electrons. The predicted octanol–water partition coefficient (Wildman–Crippen LogP) is 0.519. The van der Waals surface area contributed by atoms with Crippen LogP contribution in [0, 0.1) is 5.92 Å². The lowest BCUT2D eigenvalue weighted by Gasteiger charge is -2.38. The van der Waals surface area contributed by atoms with E-state index in [4.69, 9.17) is 13.6 Å². The summed E-state index contributed by atoms with van der Waals surface area (Å²) in [6, 6.07) is 9.48. The van der Waals surface area contributed by atoms with Crippen molar-refractivity contribution in [3.63, 3.8) is 0 Å². The Morgan fingerprint density at radius 3 is 2.67 bits per heavy atom. The zero-order valence-corrected chi connectivity index (χ0v) is 14.3. The Balaban J connectivity index is 2.12. The highest BCUT2D eigenvalue weighted by Crippen LogP contribution is 2.38. The van der Waals surface area contributed by atoms with Gasteiger partial charge >= 0.3 is 0 Å². The largest absolute Gasteiger partial charge is 0.369 e. The fourth-order valence-corrected chi connectivity index (χ4v) is 3.11. The number of carbonyl (C=O) groups excluding carboxylic acids is 1. The van der Waals surface area contributed by atoms with E-state index >= 15 is 0 Å². The van der Waals surface area contributed by atoms with Crippen molar-refractivity contribution in [3.8, 4) is 11.3 Å². The molecule has 2 aromatic rings. The van der Waals surface area contributed by atoms with E-state index in [9.17, 15) is 4.79 Å². The molecule has 122 valence electrons. The predicted molar refractivity (Wildman–Crippen MR) is 94.9 cm³/mol. The van der Waals surface area contributed by atoms with Crippen LogP contribution in [0.5, 0.6) is 0 Å². The van der Waals surface area contributed by atoms with Gasteiger partial charge in [-0.05, 0) is 13.0 Å². The van der Waals surface area contributed by atoms with E-state index in [-0.39, 0.29) is 17.8 Å². The van der Waals surface area contributed by atoms with Crippen LogP contribution in [-0.4, -0.2) is 41.4 Å². The molecule has 0 spiro atoms. The first-order chi connectivity index (χ1) is 11.2. The monoisotopic (exact) mass is 321 g/mol. The minimum absolute atomic E-state index is 0.0586. The Kier molecular flexibility index (Phi) is 3.74. The molecule has 2 atom stereocenters. The molecule has 0 saturated carbocycles. The zero-order valence-electron chi connectivity index (χ0n) is 14.3. The van der Waals surface area contributed by atoms with Gasteiger partial charge in [-0.25, -0.2) is 4.99 Å². The number of hydrogen-bond donors (Lipinski definition) is 1. The second-order valence-electron chi connectivity index (χ2n) is 6.40. The maximum absolute atomic E-state index is 12.5. The Bertz CT molecular complexity index is 843. The van der Waals surface area contributed by atoms with E-state index < -0.39 is 5.54 Å². The summed E-state index contributed by atoms with van der Waals surface area (Å²) in [5, 5.41) is 4.57. The van der Waals surface area contributed by atoms with E-state index in [1.807, 2.05) is 51.2 Å². The minimum Gasteiger partial charge on any atom is -0.369 e. The number of nitrogens with two attached hydrogens (primary N) is 1. The van der Waals surface area contributed by atoms with Gasteiger partial charge in [-0.15, -0.1) is 0 Å². The maximum atomic E-state index is 12.5. The van der Waals surface area contributed by atoms with E-state index in [1.165, 1.54) is 4.90 Å². The summed E-state index contributed by atoms with van der Waals surface area (Å²) in [5.41, 5.74) is 8.38. The normalized spacial score (nSPS) is 24.2. The van der Waals surface area contributed by atoms with Gasteiger partial charge in [-0.3, -0.25) is 14.4 Å². The quantitative estimate of drug-likeness (QED) is 0.819. The number of carbonyl (C=O) groups is 1. The Morgan fingerprint density at radius 2 is 2.00 bits per heavy atom. The van der Waals surface area contributed by atoms with Crippen LogP contribution in [0.15, 0.2) is 35.3 Å².